The quantitative estimate of drug-likeness (QED) is 0.124. The van der Waals surface area contributed by atoms with Gasteiger partial charge in [0.15, 0.2) is 0 Å². The minimum atomic E-state index is -1.59. The van der Waals surface area contributed by atoms with Crippen molar-refractivity contribution < 1.29 is 34.2 Å². The van der Waals surface area contributed by atoms with E-state index in [9.17, 15) is 34.2 Å². The second-order valence-corrected chi connectivity index (χ2v) is 10.2. The maximum atomic E-state index is 13.4. The molecule has 0 aliphatic carbocycles. The largest absolute Gasteiger partial charge is 0.481 e. The zero-order chi connectivity index (χ0) is 29.8. The molecular weight excluding hydrogens is 520 g/mol. The van der Waals surface area contributed by atoms with Crippen LogP contribution >= 0.6 is 0 Å². The van der Waals surface area contributed by atoms with E-state index >= 15 is 0 Å². The molecule has 10 N–H and O–H groups in total. The molecule has 1 aromatic carbocycles. The van der Waals surface area contributed by atoms with E-state index in [1.807, 2.05) is 38.1 Å². The average Bonchev–Trinajstić information content (AvgIpc) is 3.29. The van der Waals surface area contributed by atoms with E-state index in [0.717, 1.165) is 10.9 Å². The lowest BCUT2D eigenvalue weighted by atomic mass is 10.0. The molecule has 3 amide bonds. The first kappa shape index (κ1) is 32.2. The lowest BCUT2D eigenvalue weighted by Crippen LogP contribution is -2.58. The van der Waals surface area contributed by atoms with Crippen LogP contribution in [0.15, 0.2) is 30.5 Å². The number of aliphatic carboxylic acids is 2. The number of nitrogens with two attached hydrogens (primary N) is 2. The molecule has 13 heteroatoms. The summed E-state index contributed by atoms with van der Waals surface area (Å²) in [4.78, 5) is 65.5. The topological polar surface area (TPSA) is 230 Å². The molecule has 0 saturated carbocycles. The number of carbonyl (C=O) groups is 5. The third-order valence-electron chi connectivity index (χ3n) is 6.37. The lowest BCUT2D eigenvalue weighted by molar-refractivity contribution is -0.143. The number of aromatic amines is 1. The Kier molecular flexibility index (Phi) is 12.6. The van der Waals surface area contributed by atoms with Crippen molar-refractivity contribution in [1.82, 2.24) is 20.9 Å². The number of nitrogens with one attached hydrogen (secondary N) is 4. The Morgan fingerprint density at radius 3 is 2.15 bits per heavy atom. The maximum absolute atomic E-state index is 13.4. The predicted molar refractivity (Wildman–Crippen MR) is 148 cm³/mol. The number of carboxylic acids is 2. The number of amides is 3. The molecule has 1 aromatic heterocycles. The van der Waals surface area contributed by atoms with Gasteiger partial charge in [-0.3, -0.25) is 19.2 Å². The molecule has 4 unspecified atom stereocenters. The number of hydrogen-bond acceptors (Lipinski definition) is 7. The van der Waals surface area contributed by atoms with Crippen molar-refractivity contribution in [2.24, 2.45) is 17.4 Å². The number of aromatic nitrogens is 1. The summed E-state index contributed by atoms with van der Waals surface area (Å²) in [5, 5.41) is 27.0. The lowest BCUT2D eigenvalue weighted by Gasteiger charge is -2.25. The highest BCUT2D eigenvalue weighted by Gasteiger charge is 2.32. The number of rotatable bonds is 17. The summed E-state index contributed by atoms with van der Waals surface area (Å²) in [6.07, 6.45) is 2.35. The van der Waals surface area contributed by atoms with Gasteiger partial charge in [0.25, 0.3) is 0 Å². The molecule has 40 heavy (non-hydrogen) atoms. The van der Waals surface area contributed by atoms with E-state index in [1.165, 1.54) is 0 Å². The van der Waals surface area contributed by atoms with Gasteiger partial charge in [-0.25, -0.2) is 4.79 Å². The van der Waals surface area contributed by atoms with E-state index in [0.29, 0.717) is 31.4 Å². The second kappa shape index (κ2) is 15.6. The fourth-order valence-electron chi connectivity index (χ4n) is 4.30. The van der Waals surface area contributed by atoms with Gasteiger partial charge >= 0.3 is 11.9 Å². The van der Waals surface area contributed by atoms with Crippen LogP contribution in [0.5, 0.6) is 0 Å². The molecule has 13 nitrogen and oxygen atoms in total. The molecule has 0 radical (unpaired) electrons. The Morgan fingerprint density at radius 1 is 0.900 bits per heavy atom. The molecule has 0 aliphatic rings. The van der Waals surface area contributed by atoms with Crippen LogP contribution in [0.2, 0.25) is 0 Å². The molecule has 0 spiro atoms. The number of H-pyrrole nitrogens is 1. The highest BCUT2D eigenvalue weighted by molar-refractivity contribution is 5.96. The summed E-state index contributed by atoms with van der Waals surface area (Å²) in [5.74, 6) is -4.91. The fraction of sp³-hybridized carbons (Fsp3) is 0.519. The summed E-state index contributed by atoms with van der Waals surface area (Å²) >= 11 is 0. The van der Waals surface area contributed by atoms with Crippen LogP contribution in [0.1, 0.15) is 51.5 Å². The molecule has 4 atom stereocenters. The number of hydrogen-bond donors (Lipinski definition) is 8. The van der Waals surface area contributed by atoms with E-state index in [2.05, 4.69) is 20.9 Å². The van der Waals surface area contributed by atoms with Crippen molar-refractivity contribution >= 4 is 40.6 Å². The van der Waals surface area contributed by atoms with Gasteiger partial charge in [-0.05, 0) is 49.8 Å². The summed E-state index contributed by atoms with van der Waals surface area (Å²) in [5.41, 5.74) is 13.0. The SMILES string of the molecule is CC(C)CC(N)C(=O)NC(Cc1c[nH]c2ccccc12)C(=O)NC(CC(=O)O)C(=O)NC(CCCCN)C(=O)O. The third-order valence-corrected chi connectivity index (χ3v) is 6.37. The monoisotopic (exact) mass is 560 g/mol. The number of benzene rings is 1. The van der Waals surface area contributed by atoms with Crippen LogP contribution in [0.25, 0.3) is 10.9 Å². The minimum absolute atomic E-state index is 0.0221. The number of para-hydroxylation sites is 1. The summed E-state index contributed by atoms with van der Waals surface area (Å²) in [6.45, 7) is 4.15. The van der Waals surface area contributed by atoms with Gasteiger partial charge in [-0.15, -0.1) is 0 Å². The van der Waals surface area contributed by atoms with Gasteiger partial charge in [0.05, 0.1) is 12.5 Å². The van der Waals surface area contributed by atoms with Crippen molar-refractivity contribution in [2.75, 3.05) is 6.54 Å². The highest BCUT2D eigenvalue weighted by atomic mass is 16.4. The van der Waals surface area contributed by atoms with Crippen LogP contribution in [0.4, 0.5) is 0 Å². The molecule has 0 saturated heterocycles. The fourth-order valence-corrected chi connectivity index (χ4v) is 4.30. The van der Waals surface area contributed by atoms with Crippen LogP contribution in [-0.4, -0.2) is 75.6 Å². The number of carbonyl (C=O) groups excluding carboxylic acids is 3. The number of unbranched alkanes of at least 4 members (excludes halogenated alkanes) is 1. The average molecular weight is 561 g/mol. The third kappa shape index (κ3) is 9.97. The molecule has 0 fully saturated rings. The van der Waals surface area contributed by atoms with E-state index in [-0.39, 0.29) is 18.8 Å². The first-order chi connectivity index (χ1) is 18.9. The second-order valence-electron chi connectivity index (χ2n) is 10.2. The van der Waals surface area contributed by atoms with Crippen molar-refractivity contribution in [1.29, 1.82) is 0 Å². The van der Waals surface area contributed by atoms with E-state index < -0.39 is 60.2 Å². The molecule has 2 rings (SSSR count). The first-order valence-corrected chi connectivity index (χ1v) is 13.3. The van der Waals surface area contributed by atoms with Gasteiger partial charge in [0.1, 0.15) is 18.1 Å². The van der Waals surface area contributed by atoms with Crippen LogP contribution in [0.3, 0.4) is 0 Å². The minimum Gasteiger partial charge on any atom is -0.481 e. The first-order valence-electron chi connectivity index (χ1n) is 13.3. The van der Waals surface area contributed by atoms with Crippen molar-refractivity contribution in [2.45, 2.75) is 76.5 Å². The van der Waals surface area contributed by atoms with Gasteiger partial charge in [-0.2, -0.15) is 0 Å². The van der Waals surface area contributed by atoms with Gasteiger partial charge < -0.3 is 42.6 Å². The van der Waals surface area contributed by atoms with Crippen molar-refractivity contribution in [3.05, 3.63) is 36.0 Å². The van der Waals surface area contributed by atoms with Crippen LogP contribution in [-0.2, 0) is 30.4 Å². The van der Waals surface area contributed by atoms with E-state index in [1.54, 1.807) is 6.20 Å². The van der Waals surface area contributed by atoms with Crippen LogP contribution < -0.4 is 27.4 Å². The Bertz CT molecular complexity index is 1180. The van der Waals surface area contributed by atoms with E-state index in [4.69, 9.17) is 11.5 Å². The maximum Gasteiger partial charge on any atom is 0.326 e. The van der Waals surface area contributed by atoms with Crippen LogP contribution in [0, 0.1) is 5.92 Å². The molecule has 220 valence electrons. The summed E-state index contributed by atoms with van der Waals surface area (Å²) in [6, 6.07) is 2.40. The molecule has 2 aromatic rings. The normalized spacial score (nSPS) is 14.2. The van der Waals surface area contributed by atoms with Gasteiger partial charge in [0, 0.05) is 23.5 Å². The predicted octanol–water partition coefficient (Wildman–Crippen LogP) is 0.227. The zero-order valence-electron chi connectivity index (χ0n) is 22.8. The summed E-state index contributed by atoms with van der Waals surface area (Å²) in [7, 11) is 0. The number of carboxylic acid groups (broad SMARTS) is 2. The Morgan fingerprint density at radius 2 is 1.52 bits per heavy atom. The van der Waals surface area contributed by atoms with Crippen molar-refractivity contribution in [3.8, 4) is 0 Å². The standard InChI is InChI=1S/C27H40N6O7/c1-15(2)11-18(29)24(36)32-21(12-16-14-30-19-8-4-3-7-17(16)19)25(37)33-22(13-23(34)35)26(38)31-20(27(39)40)9-5-6-10-28/h3-4,7-8,14-15,18,20-22,30H,5-6,9-13,28-29H2,1-2H3,(H,31,38)(H,32,36)(H,33,37)(H,34,35)(H,39,40). The highest BCUT2D eigenvalue weighted by Crippen LogP contribution is 2.19. The van der Waals surface area contributed by atoms with Crippen molar-refractivity contribution in [3.63, 3.8) is 0 Å². The smallest absolute Gasteiger partial charge is 0.326 e. The Balaban J connectivity index is 2.28. The van der Waals surface area contributed by atoms with Gasteiger partial charge in [0.2, 0.25) is 17.7 Å². The Labute approximate surface area is 232 Å². The molecule has 0 bridgehead atoms. The Hall–Kier alpha value is -3.97. The molecule has 1 heterocycles. The summed E-state index contributed by atoms with van der Waals surface area (Å²) < 4.78 is 0. The van der Waals surface area contributed by atoms with Gasteiger partial charge in [-0.1, -0.05) is 32.0 Å². The number of fused-ring (bicyclic) bond motifs is 1. The molecular formula is C27H40N6O7. The molecule has 0 aliphatic heterocycles. The zero-order valence-corrected chi connectivity index (χ0v) is 22.8.